The van der Waals surface area contributed by atoms with Crippen LogP contribution in [-0.4, -0.2) is 11.2 Å². The third-order valence-corrected chi connectivity index (χ3v) is 10.8. The SMILES string of the molecule is C\C=C/C(=C\n1c2c(c3ccccc31)CCC(c1cccc3c1sc1ccccc13)=C2)C(=C\C(NCN)c1ccccc1)/c1ccccc1. The molecular weight excluding hydrogens is 615 g/mol. The second kappa shape index (κ2) is 13.7. The highest BCUT2D eigenvalue weighted by atomic mass is 32.1. The van der Waals surface area contributed by atoms with Crippen LogP contribution < -0.4 is 11.1 Å². The molecule has 0 fully saturated rings. The van der Waals surface area contributed by atoms with Crippen LogP contribution in [0.1, 0.15) is 47.3 Å². The molecule has 0 amide bonds. The topological polar surface area (TPSA) is 43.0 Å². The molecule has 1 atom stereocenters. The number of fused-ring (bicyclic) bond motifs is 6. The van der Waals surface area contributed by atoms with Crippen LogP contribution in [0.4, 0.5) is 0 Å². The van der Waals surface area contributed by atoms with Gasteiger partial charge in [-0.1, -0.05) is 133 Å². The van der Waals surface area contributed by atoms with Crippen molar-refractivity contribution in [3.8, 4) is 0 Å². The van der Waals surface area contributed by atoms with E-state index >= 15 is 0 Å². The van der Waals surface area contributed by atoms with Gasteiger partial charge in [-0.3, -0.25) is 5.32 Å². The molecule has 2 heterocycles. The van der Waals surface area contributed by atoms with E-state index in [0.29, 0.717) is 6.67 Å². The average Bonchev–Trinajstić information content (AvgIpc) is 3.69. The molecule has 0 saturated heterocycles. The molecule has 0 radical (unpaired) electrons. The van der Waals surface area contributed by atoms with E-state index in [0.717, 1.165) is 29.6 Å². The van der Waals surface area contributed by atoms with Gasteiger partial charge in [-0.2, -0.15) is 0 Å². The van der Waals surface area contributed by atoms with Gasteiger partial charge < -0.3 is 10.3 Å². The molecule has 3 nitrogen and oxygen atoms in total. The third kappa shape index (κ3) is 5.89. The first kappa shape index (κ1) is 31.0. The van der Waals surface area contributed by atoms with Gasteiger partial charge in [0.25, 0.3) is 0 Å². The second-order valence-corrected chi connectivity index (χ2v) is 13.6. The Hall–Kier alpha value is -5.26. The molecule has 0 spiro atoms. The molecule has 0 bridgehead atoms. The summed E-state index contributed by atoms with van der Waals surface area (Å²) in [5.74, 6) is 0. The zero-order valence-electron chi connectivity index (χ0n) is 27.6. The van der Waals surface area contributed by atoms with Crippen molar-refractivity contribution in [3.05, 3.63) is 179 Å². The summed E-state index contributed by atoms with van der Waals surface area (Å²) in [4.78, 5) is 0. The highest BCUT2D eigenvalue weighted by molar-refractivity contribution is 7.26. The fraction of sp³-hybridized carbons (Fsp3) is 0.111. The molecule has 1 unspecified atom stereocenters. The Bertz CT molecular complexity index is 2400. The third-order valence-electron chi connectivity index (χ3n) is 9.60. The van der Waals surface area contributed by atoms with E-state index < -0.39 is 0 Å². The zero-order valence-corrected chi connectivity index (χ0v) is 28.5. The molecule has 240 valence electrons. The lowest BCUT2D eigenvalue weighted by atomic mass is 9.90. The lowest BCUT2D eigenvalue weighted by Crippen LogP contribution is -2.26. The number of hydrogen-bond donors (Lipinski definition) is 2. The minimum atomic E-state index is -0.0568. The van der Waals surface area contributed by atoms with Gasteiger partial charge in [-0.05, 0) is 76.9 Å². The summed E-state index contributed by atoms with van der Waals surface area (Å²) in [5.41, 5.74) is 17.3. The van der Waals surface area contributed by atoms with Crippen LogP contribution in [0.5, 0.6) is 0 Å². The van der Waals surface area contributed by atoms with Gasteiger partial charge in [0.1, 0.15) is 0 Å². The Kier molecular flexibility index (Phi) is 8.67. The fourth-order valence-electron chi connectivity index (χ4n) is 7.34. The first-order valence-electron chi connectivity index (χ1n) is 17.1. The van der Waals surface area contributed by atoms with Gasteiger partial charge in [-0.25, -0.2) is 0 Å². The molecule has 3 N–H and O–H groups in total. The van der Waals surface area contributed by atoms with Crippen molar-refractivity contribution < 1.29 is 0 Å². The summed E-state index contributed by atoms with van der Waals surface area (Å²) in [6, 6.07) is 45.6. The largest absolute Gasteiger partial charge is 0.318 e. The van der Waals surface area contributed by atoms with Crippen molar-refractivity contribution in [3.63, 3.8) is 0 Å². The molecule has 49 heavy (non-hydrogen) atoms. The lowest BCUT2D eigenvalue weighted by Gasteiger charge is -2.19. The standard InChI is InChI=1S/C45H39N3S/c1-2-14-34(40(31-15-5-3-6-16-31)28-41(47-30-46)32-17-7-4-8-18-32)29-48-42-23-11-9-19-36(42)37-26-25-33(27-43(37)48)35-21-13-22-39-38-20-10-12-24-44(38)49-45(35)39/h2-24,27-29,41,47H,25-26,30,46H2,1H3/b14-2-,34-29+,40-28-. The van der Waals surface area contributed by atoms with E-state index in [2.05, 4.69) is 175 Å². The van der Waals surface area contributed by atoms with Gasteiger partial charge in [0.15, 0.2) is 0 Å². The van der Waals surface area contributed by atoms with Crippen molar-refractivity contribution in [2.24, 2.45) is 5.73 Å². The highest BCUT2D eigenvalue weighted by Crippen LogP contribution is 2.43. The van der Waals surface area contributed by atoms with Gasteiger partial charge in [-0.15, -0.1) is 11.3 Å². The predicted octanol–water partition coefficient (Wildman–Crippen LogP) is 11.2. The van der Waals surface area contributed by atoms with E-state index in [1.807, 2.05) is 11.3 Å². The van der Waals surface area contributed by atoms with E-state index in [-0.39, 0.29) is 6.04 Å². The number of rotatable bonds is 9. The Morgan fingerprint density at radius 1 is 0.796 bits per heavy atom. The Morgan fingerprint density at radius 2 is 1.51 bits per heavy atom. The number of nitrogens with two attached hydrogens (primary N) is 1. The molecule has 2 aromatic heterocycles. The van der Waals surface area contributed by atoms with Crippen LogP contribution in [0.25, 0.3) is 54.5 Å². The normalized spacial score (nSPS) is 14.5. The molecule has 8 rings (SSSR count). The number of thiophene rings is 1. The van der Waals surface area contributed by atoms with Gasteiger partial charge in [0.2, 0.25) is 0 Å². The number of nitrogens with one attached hydrogen (secondary N) is 1. The summed E-state index contributed by atoms with van der Waals surface area (Å²) < 4.78 is 5.14. The van der Waals surface area contributed by atoms with E-state index in [1.54, 1.807) is 0 Å². The van der Waals surface area contributed by atoms with E-state index in [1.165, 1.54) is 59.0 Å². The molecule has 1 aliphatic carbocycles. The predicted molar refractivity (Wildman–Crippen MR) is 212 cm³/mol. The number of allylic oxidation sites excluding steroid dienone is 5. The van der Waals surface area contributed by atoms with Crippen LogP contribution in [0, 0.1) is 0 Å². The smallest absolute Gasteiger partial charge is 0.0531 e. The number of hydrogen-bond acceptors (Lipinski definition) is 3. The maximum Gasteiger partial charge on any atom is 0.0531 e. The van der Waals surface area contributed by atoms with Crippen molar-refractivity contribution in [1.82, 2.24) is 9.88 Å². The minimum absolute atomic E-state index is 0.0568. The summed E-state index contributed by atoms with van der Waals surface area (Å²) >= 11 is 1.91. The number of aromatic nitrogens is 1. The summed E-state index contributed by atoms with van der Waals surface area (Å²) in [6.07, 6.45) is 13.5. The first-order valence-corrected chi connectivity index (χ1v) is 17.9. The summed E-state index contributed by atoms with van der Waals surface area (Å²) in [6.45, 7) is 2.47. The molecule has 7 aromatic rings. The van der Waals surface area contributed by atoms with Crippen molar-refractivity contribution in [2.45, 2.75) is 25.8 Å². The van der Waals surface area contributed by atoms with Crippen LogP contribution in [-0.2, 0) is 6.42 Å². The van der Waals surface area contributed by atoms with Crippen LogP contribution >= 0.6 is 11.3 Å². The number of aryl methyl sites for hydroxylation is 1. The molecule has 0 saturated carbocycles. The monoisotopic (exact) mass is 653 g/mol. The first-order chi connectivity index (χ1) is 24.2. The Balaban J connectivity index is 1.34. The van der Waals surface area contributed by atoms with Crippen LogP contribution in [0.3, 0.4) is 0 Å². The zero-order chi connectivity index (χ0) is 33.2. The van der Waals surface area contributed by atoms with E-state index in [9.17, 15) is 0 Å². The average molecular weight is 654 g/mol. The van der Waals surface area contributed by atoms with Crippen molar-refractivity contribution in [2.75, 3.05) is 6.67 Å². The van der Waals surface area contributed by atoms with E-state index in [4.69, 9.17) is 5.73 Å². The molecule has 4 heteroatoms. The second-order valence-electron chi connectivity index (χ2n) is 12.5. The Morgan fingerprint density at radius 3 is 2.31 bits per heavy atom. The van der Waals surface area contributed by atoms with Crippen LogP contribution in [0.2, 0.25) is 0 Å². The Labute approximate surface area is 292 Å². The maximum atomic E-state index is 6.10. The number of benzene rings is 5. The highest BCUT2D eigenvalue weighted by Gasteiger charge is 2.22. The molecule has 1 aliphatic rings. The van der Waals surface area contributed by atoms with Gasteiger partial charge in [0, 0.05) is 44.1 Å². The molecule has 0 aliphatic heterocycles. The maximum absolute atomic E-state index is 6.10. The summed E-state index contributed by atoms with van der Waals surface area (Å²) in [7, 11) is 0. The summed E-state index contributed by atoms with van der Waals surface area (Å²) in [5, 5.41) is 7.52. The molecule has 5 aromatic carbocycles. The van der Waals surface area contributed by atoms with Crippen molar-refractivity contribution in [1.29, 1.82) is 0 Å². The van der Waals surface area contributed by atoms with Crippen molar-refractivity contribution >= 4 is 65.8 Å². The number of nitrogens with zero attached hydrogens (tertiary/aromatic N) is 1. The lowest BCUT2D eigenvalue weighted by molar-refractivity contribution is 0.636. The van der Waals surface area contributed by atoms with Gasteiger partial charge >= 0.3 is 0 Å². The quantitative estimate of drug-likeness (QED) is 0.120. The minimum Gasteiger partial charge on any atom is -0.318 e. The number of para-hydroxylation sites is 1. The fourth-order valence-corrected chi connectivity index (χ4v) is 8.60. The van der Waals surface area contributed by atoms with Gasteiger partial charge in [0.05, 0.1) is 11.6 Å². The van der Waals surface area contributed by atoms with Crippen LogP contribution in [0.15, 0.2) is 151 Å². The molecular formula is C45H39N3S.